The molecule has 0 bridgehead atoms. The fourth-order valence-electron chi connectivity index (χ4n) is 4.63. The first-order chi connectivity index (χ1) is 15.0. The van der Waals surface area contributed by atoms with E-state index in [1.54, 1.807) is 36.1 Å². The van der Waals surface area contributed by atoms with Crippen LogP contribution < -0.4 is 10.2 Å². The van der Waals surface area contributed by atoms with Crippen molar-refractivity contribution in [2.24, 2.45) is 5.92 Å². The van der Waals surface area contributed by atoms with Gasteiger partial charge in [0.1, 0.15) is 6.54 Å². The Kier molecular flexibility index (Phi) is 6.11. The van der Waals surface area contributed by atoms with E-state index in [1.165, 1.54) is 6.42 Å². The average molecular weight is 424 g/mol. The fraction of sp³-hybridized carbons (Fsp3) is 0.458. The minimum atomic E-state index is -0.751. The highest BCUT2D eigenvalue weighted by atomic mass is 16.5. The number of carbonyl (C=O) groups excluding carboxylic acids is 3. The molecule has 7 heteroatoms. The molecule has 1 aromatic carbocycles. The molecule has 3 unspecified atom stereocenters. The van der Waals surface area contributed by atoms with Gasteiger partial charge in [-0.2, -0.15) is 0 Å². The summed E-state index contributed by atoms with van der Waals surface area (Å²) in [6, 6.07) is 9.78. The summed E-state index contributed by atoms with van der Waals surface area (Å²) in [5, 5.41) is 3.22. The minimum Gasteiger partial charge on any atom is -0.462 e. The van der Waals surface area contributed by atoms with Crippen LogP contribution in [-0.4, -0.2) is 35.0 Å². The summed E-state index contributed by atoms with van der Waals surface area (Å²) in [6.07, 6.45) is 6.19. The summed E-state index contributed by atoms with van der Waals surface area (Å²) < 4.78 is 6.87. The van der Waals surface area contributed by atoms with Crippen molar-refractivity contribution in [3.63, 3.8) is 0 Å². The molecule has 1 aliphatic carbocycles. The molecule has 0 saturated heterocycles. The Morgan fingerprint density at radius 3 is 2.58 bits per heavy atom. The van der Waals surface area contributed by atoms with Gasteiger partial charge in [-0.05, 0) is 62.1 Å². The normalized spacial score (nSPS) is 23.2. The molecule has 2 heterocycles. The maximum Gasteiger partial charge on any atom is 0.338 e. The largest absolute Gasteiger partial charge is 0.462 e. The van der Waals surface area contributed by atoms with Crippen LogP contribution in [0.4, 0.5) is 5.69 Å². The Balaban J connectivity index is 1.64. The van der Waals surface area contributed by atoms with Crippen molar-refractivity contribution in [1.82, 2.24) is 9.88 Å². The number of aromatic nitrogens is 1. The summed E-state index contributed by atoms with van der Waals surface area (Å²) in [7, 11) is 0. The number of hydrogen-bond donors (Lipinski definition) is 1. The molecule has 4 rings (SSSR count). The van der Waals surface area contributed by atoms with Gasteiger partial charge in [-0.1, -0.05) is 19.8 Å². The summed E-state index contributed by atoms with van der Waals surface area (Å²) >= 11 is 0. The highest BCUT2D eigenvalue weighted by molar-refractivity contribution is 6.02. The number of nitrogens with one attached hydrogen (secondary N) is 1. The Morgan fingerprint density at radius 1 is 1.13 bits per heavy atom. The molecule has 7 nitrogen and oxygen atoms in total. The van der Waals surface area contributed by atoms with Gasteiger partial charge in [0.15, 0.2) is 6.04 Å². The van der Waals surface area contributed by atoms with Gasteiger partial charge in [-0.15, -0.1) is 0 Å². The van der Waals surface area contributed by atoms with Crippen LogP contribution in [0.15, 0.2) is 42.6 Å². The molecular formula is C24H29N3O4. The number of esters is 1. The Morgan fingerprint density at radius 2 is 1.87 bits per heavy atom. The van der Waals surface area contributed by atoms with Crippen LogP contribution >= 0.6 is 0 Å². The van der Waals surface area contributed by atoms with Crippen molar-refractivity contribution in [2.75, 3.05) is 11.5 Å². The van der Waals surface area contributed by atoms with E-state index >= 15 is 0 Å². The van der Waals surface area contributed by atoms with Gasteiger partial charge in [-0.3, -0.25) is 14.5 Å². The third-order valence-corrected chi connectivity index (χ3v) is 6.32. The molecule has 1 aromatic heterocycles. The van der Waals surface area contributed by atoms with E-state index in [0.29, 0.717) is 23.8 Å². The number of anilines is 1. The molecule has 3 atom stereocenters. The van der Waals surface area contributed by atoms with Crippen LogP contribution in [0.25, 0.3) is 0 Å². The van der Waals surface area contributed by atoms with Crippen molar-refractivity contribution >= 4 is 23.5 Å². The molecule has 2 aromatic rings. The van der Waals surface area contributed by atoms with Crippen molar-refractivity contribution in [3.8, 4) is 0 Å². The molecule has 1 saturated carbocycles. The summed E-state index contributed by atoms with van der Waals surface area (Å²) in [5.41, 5.74) is 1.79. The van der Waals surface area contributed by atoms with Crippen LogP contribution in [-0.2, 0) is 20.9 Å². The van der Waals surface area contributed by atoms with E-state index in [-0.39, 0.29) is 24.4 Å². The maximum absolute atomic E-state index is 13.5. The molecular weight excluding hydrogens is 394 g/mol. The lowest BCUT2D eigenvalue weighted by Crippen LogP contribution is -2.52. The van der Waals surface area contributed by atoms with Crippen LogP contribution in [0.2, 0.25) is 0 Å². The Bertz CT molecular complexity index is 965. The topological polar surface area (TPSA) is 80.6 Å². The predicted octanol–water partition coefficient (Wildman–Crippen LogP) is 3.45. The number of fused-ring (bicyclic) bond motifs is 1. The van der Waals surface area contributed by atoms with E-state index in [2.05, 4.69) is 12.2 Å². The standard InChI is InChI=1S/C24H29N3O4/c1-3-31-24(30)17-10-12-18(13-11-17)27-21(28)15-26-14-6-9-20(26)22(27)23(29)25-19-8-5-4-7-16(19)2/h6,9-14,16,19,22H,3-5,7-8,15H2,1-2H3,(H,25,29). The van der Waals surface area contributed by atoms with Crippen molar-refractivity contribution in [1.29, 1.82) is 0 Å². The van der Waals surface area contributed by atoms with Crippen LogP contribution in [0, 0.1) is 5.92 Å². The SMILES string of the molecule is CCOC(=O)c1ccc(N2C(=O)Cn3cccc3C2C(=O)NC2CCCCC2C)cc1. The van der Waals surface area contributed by atoms with Crippen molar-refractivity contribution in [2.45, 2.75) is 58.2 Å². The van der Waals surface area contributed by atoms with E-state index in [4.69, 9.17) is 4.74 Å². The monoisotopic (exact) mass is 423 g/mol. The molecule has 164 valence electrons. The zero-order valence-electron chi connectivity index (χ0n) is 18.0. The Hall–Kier alpha value is -3.09. The van der Waals surface area contributed by atoms with Gasteiger partial charge < -0.3 is 14.6 Å². The van der Waals surface area contributed by atoms with E-state index in [0.717, 1.165) is 25.0 Å². The highest BCUT2D eigenvalue weighted by Gasteiger charge is 2.39. The number of rotatable bonds is 5. The lowest BCUT2D eigenvalue weighted by atomic mass is 9.85. The quantitative estimate of drug-likeness (QED) is 0.747. The van der Waals surface area contributed by atoms with Gasteiger partial charge in [0.05, 0.1) is 17.9 Å². The minimum absolute atomic E-state index is 0.120. The lowest BCUT2D eigenvalue weighted by molar-refractivity contribution is -0.129. The number of carbonyl (C=O) groups is 3. The van der Waals surface area contributed by atoms with E-state index in [1.807, 2.05) is 22.9 Å². The zero-order valence-corrected chi connectivity index (χ0v) is 18.0. The second kappa shape index (κ2) is 8.96. The summed E-state index contributed by atoms with van der Waals surface area (Å²) in [5.74, 6) is -0.319. The molecule has 31 heavy (non-hydrogen) atoms. The van der Waals surface area contributed by atoms with Gasteiger partial charge in [0.25, 0.3) is 0 Å². The summed E-state index contributed by atoms with van der Waals surface area (Å²) in [4.78, 5) is 40.1. The smallest absolute Gasteiger partial charge is 0.338 e. The lowest BCUT2D eigenvalue weighted by Gasteiger charge is -2.38. The summed E-state index contributed by atoms with van der Waals surface area (Å²) in [6.45, 7) is 4.39. The molecule has 1 N–H and O–H groups in total. The first-order valence-electron chi connectivity index (χ1n) is 11.0. The number of benzene rings is 1. The first kappa shape index (κ1) is 21.2. The fourth-order valence-corrected chi connectivity index (χ4v) is 4.63. The molecule has 2 amide bonds. The van der Waals surface area contributed by atoms with E-state index in [9.17, 15) is 14.4 Å². The van der Waals surface area contributed by atoms with Crippen LogP contribution in [0.5, 0.6) is 0 Å². The average Bonchev–Trinajstić information content (AvgIpc) is 3.22. The zero-order chi connectivity index (χ0) is 22.0. The number of ether oxygens (including phenoxy) is 1. The van der Waals surface area contributed by atoms with Gasteiger partial charge in [0.2, 0.25) is 11.8 Å². The number of nitrogens with zero attached hydrogens (tertiary/aromatic N) is 2. The number of hydrogen-bond acceptors (Lipinski definition) is 4. The van der Waals surface area contributed by atoms with Gasteiger partial charge in [0, 0.05) is 17.9 Å². The Labute approximate surface area is 182 Å². The molecule has 0 radical (unpaired) electrons. The molecule has 1 fully saturated rings. The molecule has 1 aliphatic heterocycles. The van der Waals surface area contributed by atoms with Crippen molar-refractivity contribution in [3.05, 3.63) is 53.9 Å². The van der Waals surface area contributed by atoms with E-state index < -0.39 is 12.0 Å². The number of amides is 2. The second-order valence-corrected chi connectivity index (χ2v) is 8.37. The van der Waals surface area contributed by atoms with Crippen LogP contribution in [0.3, 0.4) is 0 Å². The third kappa shape index (κ3) is 4.22. The van der Waals surface area contributed by atoms with Crippen LogP contribution in [0.1, 0.15) is 61.6 Å². The highest BCUT2D eigenvalue weighted by Crippen LogP contribution is 2.33. The second-order valence-electron chi connectivity index (χ2n) is 8.37. The molecule has 0 spiro atoms. The predicted molar refractivity (Wildman–Crippen MR) is 117 cm³/mol. The van der Waals surface area contributed by atoms with Crippen molar-refractivity contribution < 1.29 is 19.1 Å². The van der Waals surface area contributed by atoms with Gasteiger partial charge in [-0.25, -0.2) is 4.79 Å². The first-order valence-corrected chi connectivity index (χ1v) is 11.0. The van der Waals surface area contributed by atoms with Gasteiger partial charge >= 0.3 is 5.97 Å². The third-order valence-electron chi connectivity index (χ3n) is 6.32. The maximum atomic E-state index is 13.5. The molecule has 2 aliphatic rings.